The van der Waals surface area contributed by atoms with E-state index in [4.69, 9.17) is 5.11 Å². The molecule has 0 radical (unpaired) electrons. The van der Waals surface area contributed by atoms with Crippen LogP contribution >= 0.6 is 0 Å². The van der Waals surface area contributed by atoms with E-state index in [9.17, 15) is 8.42 Å². The molecular weight excluding hydrogens is 200 g/mol. The van der Waals surface area contributed by atoms with Crippen molar-refractivity contribution in [3.8, 4) is 0 Å². The summed E-state index contributed by atoms with van der Waals surface area (Å²) in [6.07, 6.45) is 3.60. The van der Waals surface area contributed by atoms with Gasteiger partial charge in [-0.15, -0.1) is 0 Å². The van der Waals surface area contributed by atoms with Crippen molar-refractivity contribution in [3.05, 3.63) is 12.2 Å². The van der Waals surface area contributed by atoms with Gasteiger partial charge in [-0.3, -0.25) is 0 Å². The summed E-state index contributed by atoms with van der Waals surface area (Å²) in [6.45, 7) is 3.84. The van der Waals surface area contributed by atoms with E-state index in [0.29, 0.717) is 18.6 Å². The summed E-state index contributed by atoms with van der Waals surface area (Å²) in [5, 5.41) is 8.45. The lowest BCUT2D eigenvalue weighted by atomic mass is 10.0. The standard InChI is InChI=1S/C10H18O3S/c1-9(5-6-11)8-10-4-2-3-7-14(10,12)13/h10-11H,1-8H2. The molecule has 82 valence electrons. The van der Waals surface area contributed by atoms with Gasteiger partial charge in [0.2, 0.25) is 0 Å². The predicted octanol–water partition coefficient (Wildman–Crippen LogP) is 1.28. The SMILES string of the molecule is C=C(CCO)CC1CCCCS1(=O)=O. The van der Waals surface area contributed by atoms with Crippen LogP contribution in [-0.4, -0.2) is 31.1 Å². The van der Waals surface area contributed by atoms with E-state index in [1.807, 2.05) is 0 Å². The summed E-state index contributed by atoms with van der Waals surface area (Å²) in [7, 11) is -2.88. The third kappa shape index (κ3) is 3.10. The van der Waals surface area contributed by atoms with E-state index in [2.05, 4.69) is 6.58 Å². The quantitative estimate of drug-likeness (QED) is 0.723. The van der Waals surface area contributed by atoms with Gasteiger partial charge in [0.05, 0.1) is 11.0 Å². The van der Waals surface area contributed by atoms with E-state index in [-0.39, 0.29) is 11.9 Å². The summed E-state index contributed by atoms with van der Waals surface area (Å²) in [5.74, 6) is 0.323. The van der Waals surface area contributed by atoms with E-state index >= 15 is 0 Å². The Hall–Kier alpha value is -0.350. The maximum absolute atomic E-state index is 11.6. The van der Waals surface area contributed by atoms with Crippen LogP contribution in [0.1, 0.15) is 32.1 Å². The van der Waals surface area contributed by atoms with Crippen LogP contribution < -0.4 is 0 Å². The van der Waals surface area contributed by atoms with Gasteiger partial charge in [0.15, 0.2) is 9.84 Å². The molecule has 0 bridgehead atoms. The Morgan fingerprint density at radius 3 is 2.71 bits per heavy atom. The first kappa shape index (κ1) is 11.7. The highest BCUT2D eigenvalue weighted by atomic mass is 32.2. The van der Waals surface area contributed by atoms with Gasteiger partial charge in [-0.2, -0.15) is 0 Å². The molecule has 0 spiro atoms. The highest BCUT2D eigenvalue weighted by Gasteiger charge is 2.28. The van der Waals surface area contributed by atoms with Crippen LogP contribution in [0, 0.1) is 0 Å². The molecule has 1 heterocycles. The minimum absolute atomic E-state index is 0.0611. The van der Waals surface area contributed by atoms with Gasteiger partial charge in [-0.1, -0.05) is 18.6 Å². The van der Waals surface area contributed by atoms with Gasteiger partial charge in [0.1, 0.15) is 0 Å². The smallest absolute Gasteiger partial charge is 0.153 e. The number of hydrogen-bond donors (Lipinski definition) is 1. The molecule has 0 saturated carbocycles. The van der Waals surface area contributed by atoms with Crippen molar-refractivity contribution in [3.63, 3.8) is 0 Å². The van der Waals surface area contributed by atoms with Crippen molar-refractivity contribution < 1.29 is 13.5 Å². The Labute approximate surface area is 85.7 Å². The van der Waals surface area contributed by atoms with Crippen molar-refractivity contribution in [1.82, 2.24) is 0 Å². The second-order valence-electron chi connectivity index (χ2n) is 3.91. The van der Waals surface area contributed by atoms with Crippen LogP contribution in [-0.2, 0) is 9.84 Å². The fraction of sp³-hybridized carbons (Fsp3) is 0.800. The molecule has 1 aliphatic heterocycles. The van der Waals surface area contributed by atoms with Crippen LogP contribution in [0.3, 0.4) is 0 Å². The molecule has 1 unspecified atom stereocenters. The van der Waals surface area contributed by atoms with E-state index < -0.39 is 9.84 Å². The molecule has 1 aliphatic rings. The zero-order valence-corrected chi connectivity index (χ0v) is 9.22. The van der Waals surface area contributed by atoms with Gasteiger partial charge in [0.25, 0.3) is 0 Å². The third-order valence-electron chi connectivity index (χ3n) is 2.69. The molecule has 0 amide bonds. The van der Waals surface area contributed by atoms with Crippen molar-refractivity contribution >= 4 is 9.84 Å². The monoisotopic (exact) mass is 218 g/mol. The van der Waals surface area contributed by atoms with Crippen molar-refractivity contribution in [2.75, 3.05) is 12.4 Å². The summed E-state index contributed by atoms with van der Waals surface area (Å²) in [4.78, 5) is 0. The second-order valence-corrected chi connectivity index (χ2v) is 6.31. The number of aliphatic hydroxyl groups excluding tert-OH is 1. The minimum Gasteiger partial charge on any atom is -0.396 e. The second kappa shape index (κ2) is 4.94. The van der Waals surface area contributed by atoms with Gasteiger partial charge in [-0.05, 0) is 25.7 Å². The number of sulfone groups is 1. The number of aliphatic hydroxyl groups is 1. The fourth-order valence-corrected chi connectivity index (χ4v) is 3.79. The van der Waals surface area contributed by atoms with E-state index in [1.54, 1.807) is 0 Å². The molecule has 1 atom stereocenters. The molecule has 0 aromatic heterocycles. The van der Waals surface area contributed by atoms with Crippen molar-refractivity contribution in [1.29, 1.82) is 0 Å². The largest absolute Gasteiger partial charge is 0.396 e. The Morgan fingerprint density at radius 2 is 2.14 bits per heavy atom. The predicted molar refractivity (Wildman–Crippen MR) is 56.9 cm³/mol. The molecule has 1 rings (SSSR count). The van der Waals surface area contributed by atoms with Gasteiger partial charge in [-0.25, -0.2) is 8.42 Å². The highest BCUT2D eigenvalue weighted by molar-refractivity contribution is 7.92. The van der Waals surface area contributed by atoms with Crippen LogP contribution in [0.2, 0.25) is 0 Å². The summed E-state index contributed by atoms with van der Waals surface area (Å²) in [6, 6.07) is 0. The average molecular weight is 218 g/mol. The lowest BCUT2D eigenvalue weighted by Crippen LogP contribution is -2.28. The Morgan fingerprint density at radius 1 is 1.43 bits per heavy atom. The van der Waals surface area contributed by atoms with E-state index in [0.717, 1.165) is 24.8 Å². The first-order chi connectivity index (χ1) is 6.56. The minimum atomic E-state index is -2.88. The Balaban J connectivity index is 2.54. The molecule has 4 heteroatoms. The summed E-state index contributed by atoms with van der Waals surface area (Å²) >= 11 is 0. The summed E-state index contributed by atoms with van der Waals surface area (Å²) in [5.41, 5.74) is 0.850. The Bertz CT molecular complexity index is 292. The molecule has 0 aliphatic carbocycles. The first-order valence-electron chi connectivity index (χ1n) is 5.05. The van der Waals surface area contributed by atoms with E-state index in [1.165, 1.54) is 0 Å². The number of rotatable bonds is 4. The molecule has 3 nitrogen and oxygen atoms in total. The number of hydrogen-bond acceptors (Lipinski definition) is 3. The van der Waals surface area contributed by atoms with Crippen LogP contribution in [0.15, 0.2) is 12.2 Å². The van der Waals surface area contributed by atoms with Crippen molar-refractivity contribution in [2.45, 2.75) is 37.4 Å². The normalized spacial score (nSPS) is 25.9. The molecule has 14 heavy (non-hydrogen) atoms. The maximum Gasteiger partial charge on any atom is 0.153 e. The topological polar surface area (TPSA) is 54.4 Å². The molecule has 1 N–H and O–H groups in total. The lowest BCUT2D eigenvalue weighted by Gasteiger charge is -2.22. The summed E-state index contributed by atoms with van der Waals surface area (Å²) < 4.78 is 23.2. The van der Waals surface area contributed by atoms with Crippen LogP contribution in [0.4, 0.5) is 0 Å². The van der Waals surface area contributed by atoms with Gasteiger partial charge < -0.3 is 5.11 Å². The molecule has 0 aromatic rings. The molecule has 0 aromatic carbocycles. The third-order valence-corrected chi connectivity index (χ3v) is 4.97. The van der Waals surface area contributed by atoms with Crippen molar-refractivity contribution in [2.24, 2.45) is 0 Å². The lowest BCUT2D eigenvalue weighted by molar-refractivity contribution is 0.297. The Kier molecular flexibility index (Phi) is 4.13. The van der Waals surface area contributed by atoms with Gasteiger partial charge >= 0.3 is 0 Å². The zero-order valence-electron chi connectivity index (χ0n) is 8.41. The maximum atomic E-state index is 11.6. The fourth-order valence-electron chi connectivity index (χ4n) is 1.83. The zero-order chi connectivity index (χ0) is 10.6. The first-order valence-corrected chi connectivity index (χ1v) is 6.77. The molecular formula is C10H18O3S. The van der Waals surface area contributed by atoms with Crippen LogP contribution in [0.25, 0.3) is 0 Å². The molecule has 1 saturated heterocycles. The molecule has 1 fully saturated rings. The highest BCUT2D eigenvalue weighted by Crippen LogP contribution is 2.25. The van der Waals surface area contributed by atoms with Gasteiger partial charge in [0, 0.05) is 6.61 Å². The van der Waals surface area contributed by atoms with Crippen LogP contribution in [0.5, 0.6) is 0 Å². The average Bonchev–Trinajstić information content (AvgIpc) is 2.09.